The first-order valence-electron chi connectivity index (χ1n) is 9.63. The van der Waals surface area contributed by atoms with Gasteiger partial charge in [-0.2, -0.15) is 4.31 Å². The Balaban J connectivity index is 1.39. The SMILES string of the molecule is Cc1ccc(S(=O)(=O)N2CCC(C(=O)Nc3ccc4c(c3)C(=O)NC4=O)CC2)cc1. The van der Waals surface area contributed by atoms with Gasteiger partial charge in [0, 0.05) is 24.7 Å². The summed E-state index contributed by atoms with van der Waals surface area (Å²) in [6.07, 6.45) is 0.807. The van der Waals surface area contributed by atoms with Gasteiger partial charge in [-0.15, -0.1) is 0 Å². The van der Waals surface area contributed by atoms with Crippen LogP contribution in [0, 0.1) is 12.8 Å². The van der Waals surface area contributed by atoms with Crippen molar-refractivity contribution in [3.05, 3.63) is 59.2 Å². The quantitative estimate of drug-likeness (QED) is 0.724. The molecule has 0 spiro atoms. The molecule has 0 saturated carbocycles. The first-order chi connectivity index (χ1) is 14.3. The predicted molar refractivity (Wildman–Crippen MR) is 110 cm³/mol. The fraction of sp³-hybridized carbons (Fsp3) is 0.286. The van der Waals surface area contributed by atoms with Crippen molar-refractivity contribution >= 4 is 33.4 Å². The third-order valence-corrected chi connectivity index (χ3v) is 7.40. The van der Waals surface area contributed by atoms with E-state index < -0.39 is 21.8 Å². The van der Waals surface area contributed by atoms with Crippen molar-refractivity contribution < 1.29 is 22.8 Å². The summed E-state index contributed by atoms with van der Waals surface area (Å²) in [5.41, 5.74) is 1.93. The van der Waals surface area contributed by atoms with E-state index in [4.69, 9.17) is 0 Å². The Hall–Kier alpha value is -3.04. The molecule has 2 N–H and O–H groups in total. The van der Waals surface area contributed by atoms with E-state index in [2.05, 4.69) is 10.6 Å². The number of rotatable bonds is 4. The van der Waals surface area contributed by atoms with Gasteiger partial charge in [-0.25, -0.2) is 8.42 Å². The van der Waals surface area contributed by atoms with Gasteiger partial charge in [0.2, 0.25) is 15.9 Å². The molecule has 0 atom stereocenters. The maximum absolute atomic E-state index is 12.8. The number of nitrogens with one attached hydrogen (secondary N) is 2. The van der Waals surface area contributed by atoms with Crippen molar-refractivity contribution in [2.75, 3.05) is 18.4 Å². The molecule has 4 rings (SSSR count). The smallest absolute Gasteiger partial charge is 0.259 e. The summed E-state index contributed by atoms with van der Waals surface area (Å²) in [6, 6.07) is 11.3. The van der Waals surface area contributed by atoms with Gasteiger partial charge >= 0.3 is 0 Å². The van der Waals surface area contributed by atoms with Crippen LogP contribution in [0.3, 0.4) is 0 Å². The van der Waals surface area contributed by atoms with Crippen LogP contribution in [-0.4, -0.2) is 43.5 Å². The predicted octanol–water partition coefficient (Wildman–Crippen LogP) is 1.92. The second-order valence-corrected chi connectivity index (χ2v) is 9.46. The molecule has 1 saturated heterocycles. The van der Waals surface area contributed by atoms with Crippen LogP contribution in [0.5, 0.6) is 0 Å². The number of anilines is 1. The molecule has 0 bridgehead atoms. The van der Waals surface area contributed by atoms with Gasteiger partial charge in [0.15, 0.2) is 0 Å². The second kappa shape index (κ2) is 7.66. The van der Waals surface area contributed by atoms with Crippen LogP contribution in [0.1, 0.15) is 39.1 Å². The Morgan fingerprint density at radius 3 is 2.30 bits per heavy atom. The third kappa shape index (κ3) is 3.73. The zero-order chi connectivity index (χ0) is 21.5. The molecule has 2 aromatic rings. The number of hydrogen-bond donors (Lipinski definition) is 2. The van der Waals surface area contributed by atoms with Gasteiger partial charge in [-0.05, 0) is 50.1 Å². The van der Waals surface area contributed by atoms with Crippen molar-refractivity contribution in [1.82, 2.24) is 9.62 Å². The largest absolute Gasteiger partial charge is 0.326 e. The fourth-order valence-electron chi connectivity index (χ4n) is 3.71. The van der Waals surface area contributed by atoms with Crippen LogP contribution in [0.2, 0.25) is 0 Å². The molecule has 2 aromatic carbocycles. The minimum atomic E-state index is -3.58. The van der Waals surface area contributed by atoms with E-state index in [0.717, 1.165) is 5.56 Å². The van der Waals surface area contributed by atoms with Crippen molar-refractivity contribution in [3.63, 3.8) is 0 Å². The van der Waals surface area contributed by atoms with Crippen LogP contribution in [0.4, 0.5) is 5.69 Å². The van der Waals surface area contributed by atoms with Gasteiger partial charge in [-0.1, -0.05) is 17.7 Å². The zero-order valence-corrected chi connectivity index (χ0v) is 17.2. The van der Waals surface area contributed by atoms with Crippen molar-refractivity contribution in [3.8, 4) is 0 Å². The monoisotopic (exact) mass is 427 g/mol. The first kappa shape index (κ1) is 20.2. The summed E-state index contributed by atoms with van der Waals surface area (Å²) in [5.74, 6) is -1.50. The van der Waals surface area contributed by atoms with Crippen LogP contribution >= 0.6 is 0 Å². The number of amides is 3. The van der Waals surface area contributed by atoms with E-state index in [-0.39, 0.29) is 40.9 Å². The minimum absolute atomic E-state index is 0.230. The van der Waals surface area contributed by atoms with Crippen molar-refractivity contribution in [2.45, 2.75) is 24.7 Å². The van der Waals surface area contributed by atoms with E-state index >= 15 is 0 Å². The van der Waals surface area contributed by atoms with E-state index in [0.29, 0.717) is 18.5 Å². The summed E-state index contributed by atoms with van der Waals surface area (Å²) >= 11 is 0. The highest BCUT2D eigenvalue weighted by Gasteiger charge is 2.32. The zero-order valence-electron chi connectivity index (χ0n) is 16.3. The summed E-state index contributed by atoms with van der Waals surface area (Å²) in [4.78, 5) is 36.3. The molecule has 0 aromatic heterocycles. The Morgan fingerprint density at radius 2 is 1.63 bits per heavy atom. The normalized spacial score (nSPS) is 17.5. The number of piperidine rings is 1. The summed E-state index contributed by atoms with van der Waals surface area (Å²) in [6.45, 7) is 2.41. The molecule has 2 aliphatic heterocycles. The highest BCUT2D eigenvalue weighted by Crippen LogP contribution is 2.26. The van der Waals surface area contributed by atoms with E-state index in [1.54, 1.807) is 30.3 Å². The Morgan fingerprint density at radius 1 is 1.00 bits per heavy atom. The lowest BCUT2D eigenvalue weighted by molar-refractivity contribution is -0.120. The third-order valence-electron chi connectivity index (χ3n) is 5.49. The summed E-state index contributed by atoms with van der Waals surface area (Å²) in [7, 11) is -3.58. The molecular weight excluding hydrogens is 406 g/mol. The number of benzene rings is 2. The lowest BCUT2D eigenvalue weighted by Gasteiger charge is -2.30. The average Bonchev–Trinajstić information content (AvgIpc) is 3.01. The standard InChI is InChI=1S/C21H21N3O5S/c1-13-2-5-16(6-3-13)30(28,29)24-10-8-14(9-11-24)19(25)22-15-4-7-17-18(12-15)21(27)23-20(17)26/h2-7,12,14H,8-11H2,1H3,(H,22,25)(H,23,26,27). The molecule has 0 aliphatic carbocycles. The molecule has 156 valence electrons. The lowest BCUT2D eigenvalue weighted by Crippen LogP contribution is -2.41. The van der Waals surface area contributed by atoms with Gasteiger partial charge in [0.05, 0.1) is 16.0 Å². The van der Waals surface area contributed by atoms with Crippen LogP contribution < -0.4 is 10.6 Å². The van der Waals surface area contributed by atoms with Crippen molar-refractivity contribution in [2.24, 2.45) is 5.92 Å². The Bertz CT molecular complexity index is 1130. The molecule has 1 fully saturated rings. The molecule has 2 aliphatic rings. The molecular formula is C21H21N3O5S. The molecule has 0 radical (unpaired) electrons. The highest BCUT2D eigenvalue weighted by molar-refractivity contribution is 7.89. The van der Waals surface area contributed by atoms with Crippen molar-refractivity contribution in [1.29, 1.82) is 0 Å². The number of nitrogens with zero attached hydrogens (tertiary/aromatic N) is 1. The maximum Gasteiger partial charge on any atom is 0.259 e. The number of aryl methyl sites for hydroxylation is 1. The number of hydrogen-bond acceptors (Lipinski definition) is 5. The van der Waals surface area contributed by atoms with Crippen LogP contribution in [0.25, 0.3) is 0 Å². The molecule has 8 nitrogen and oxygen atoms in total. The van der Waals surface area contributed by atoms with Gasteiger partial charge in [0.1, 0.15) is 0 Å². The van der Waals surface area contributed by atoms with Crippen LogP contribution in [0.15, 0.2) is 47.4 Å². The number of carbonyl (C=O) groups excluding carboxylic acids is 3. The van der Waals surface area contributed by atoms with E-state index in [1.165, 1.54) is 16.4 Å². The average molecular weight is 427 g/mol. The lowest BCUT2D eigenvalue weighted by atomic mass is 9.97. The number of imide groups is 1. The fourth-order valence-corrected chi connectivity index (χ4v) is 5.18. The Kier molecular flexibility index (Phi) is 5.17. The topological polar surface area (TPSA) is 113 Å². The number of sulfonamides is 1. The van der Waals surface area contributed by atoms with E-state index in [1.807, 2.05) is 6.92 Å². The number of fused-ring (bicyclic) bond motifs is 1. The van der Waals surface area contributed by atoms with Gasteiger partial charge < -0.3 is 5.32 Å². The first-order valence-corrected chi connectivity index (χ1v) is 11.1. The minimum Gasteiger partial charge on any atom is -0.326 e. The summed E-state index contributed by atoms with van der Waals surface area (Å²) < 4.78 is 27.0. The molecule has 9 heteroatoms. The molecule has 30 heavy (non-hydrogen) atoms. The van der Waals surface area contributed by atoms with E-state index in [9.17, 15) is 22.8 Å². The second-order valence-electron chi connectivity index (χ2n) is 7.52. The molecule has 2 heterocycles. The summed E-state index contributed by atoms with van der Waals surface area (Å²) in [5, 5.41) is 4.98. The molecule has 3 amide bonds. The van der Waals surface area contributed by atoms with Gasteiger partial charge in [0.25, 0.3) is 11.8 Å². The molecule has 0 unspecified atom stereocenters. The highest BCUT2D eigenvalue weighted by atomic mass is 32.2. The van der Waals surface area contributed by atoms with Crippen LogP contribution in [-0.2, 0) is 14.8 Å². The van der Waals surface area contributed by atoms with Gasteiger partial charge in [-0.3, -0.25) is 19.7 Å². The number of carbonyl (C=O) groups is 3. The maximum atomic E-state index is 12.8. The Labute approximate surface area is 174 Å².